The molecule has 0 spiro atoms. The molecule has 1 aromatic rings. The zero-order valence-electron chi connectivity index (χ0n) is 7.63. The van der Waals surface area contributed by atoms with Crippen LogP contribution in [0.5, 0.6) is 0 Å². The molecule has 0 aliphatic carbocycles. The molecular formula is C9H10ClFN2O. The Hall–Kier alpha value is -1.16. The van der Waals surface area contributed by atoms with Crippen molar-refractivity contribution in [1.82, 2.24) is 10.3 Å². The molecule has 3 nitrogen and oxygen atoms in total. The number of nitrogens with one attached hydrogen (secondary N) is 1. The summed E-state index contributed by atoms with van der Waals surface area (Å²) in [5.41, 5.74) is -0.0164. The first-order chi connectivity index (χ1) is 6.61. The van der Waals surface area contributed by atoms with Gasteiger partial charge < -0.3 is 5.32 Å². The number of rotatable bonds is 3. The second-order valence-corrected chi connectivity index (χ2v) is 3.59. The number of amides is 1. The van der Waals surface area contributed by atoms with Crippen molar-refractivity contribution in [3.05, 3.63) is 29.8 Å². The van der Waals surface area contributed by atoms with Gasteiger partial charge in [-0.05, 0) is 13.0 Å². The number of nitrogens with zero attached hydrogens (tertiary/aromatic N) is 1. The van der Waals surface area contributed by atoms with Crippen molar-refractivity contribution in [2.75, 3.05) is 6.54 Å². The van der Waals surface area contributed by atoms with Gasteiger partial charge in [0, 0.05) is 18.1 Å². The molecule has 0 fully saturated rings. The summed E-state index contributed by atoms with van der Waals surface area (Å²) in [7, 11) is 0. The molecule has 1 atom stereocenters. The SMILES string of the molecule is CC(Cl)CNC(=O)c1ccncc1F. The molecule has 1 amide bonds. The molecule has 0 saturated heterocycles. The van der Waals surface area contributed by atoms with Crippen molar-refractivity contribution in [1.29, 1.82) is 0 Å². The summed E-state index contributed by atoms with van der Waals surface area (Å²) in [6.45, 7) is 2.05. The van der Waals surface area contributed by atoms with Crippen molar-refractivity contribution >= 4 is 17.5 Å². The number of pyridine rings is 1. The van der Waals surface area contributed by atoms with Crippen LogP contribution in [-0.2, 0) is 0 Å². The highest BCUT2D eigenvalue weighted by atomic mass is 35.5. The number of carbonyl (C=O) groups excluding carboxylic acids is 1. The van der Waals surface area contributed by atoms with Crippen LogP contribution in [0.1, 0.15) is 17.3 Å². The molecule has 0 aliphatic heterocycles. The van der Waals surface area contributed by atoms with E-state index in [-0.39, 0.29) is 10.9 Å². The van der Waals surface area contributed by atoms with E-state index in [4.69, 9.17) is 11.6 Å². The lowest BCUT2D eigenvalue weighted by atomic mass is 10.2. The van der Waals surface area contributed by atoms with E-state index in [0.29, 0.717) is 6.54 Å². The second-order valence-electron chi connectivity index (χ2n) is 2.85. The fourth-order valence-corrected chi connectivity index (χ4v) is 0.965. The number of aromatic nitrogens is 1. The van der Waals surface area contributed by atoms with Crippen LogP contribution < -0.4 is 5.32 Å². The smallest absolute Gasteiger partial charge is 0.254 e. The summed E-state index contributed by atoms with van der Waals surface area (Å²) in [4.78, 5) is 14.9. The van der Waals surface area contributed by atoms with E-state index >= 15 is 0 Å². The van der Waals surface area contributed by atoms with E-state index in [1.54, 1.807) is 6.92 Å². The summed E-state index contributed by atoms with van der Waals surface area (Å²) in [5.74, 6) is -1.11. The number of carbonyl (C=O) groups is 1. The van der Waals surface area contributed by atoms with Crippen LogP contribution in [0, 0.1) is 5.82 Å². The van der Waals surface area contributed by atoms with Gasteiger partial charge in [-0.15, -0.1) is 11.6 Å². The Labute approximate surface area is 86.3 Å². The maximum absolute atomic E-state index is 13.0. The largest absolute Gasteiger partial charge is 0.350 e. The number of hydrogen-bond donors (Lipinski definition) is 1. The third-order valence-electron chi connectivity index (χ3n) is 1.56. The van der Waals surface area contributed by atoms with Crippen LogP contribution in [0.15, 0.2) is 18.5 Å². The monoisotopic (exact) mass is 216 g/mol. The highest BCUT2D eigenvalue weighted by Crippen LogP contribution is 2.04. The van der Waals surface area contributed by atoms with Crippen molar-refractivity contribution in [3.63, 3.8) is 0 Å². The topological polar surface area (TPSA) is 42.0 Å². The maximum atomic E-state index is 13.0. The molecule has 1 unspecified atom stereocenters. The number of halogens is 2. The lowest BCUT2D eigenvalue weighted by Crippen LogP contribution is -2.29. The predicted octanol–water partition coefficient (Wildman–Crippen LogP) is 1.58. The molecule has 0 aliphatic rings. The van der Waals surface area contributed by atoms with E-state index in [0.717, 1.165) is 6.20 Å². The lowest BCUT2D eigenvalue weighted by Gasteiger charge is -2.06. The van der Waals surface area contributed by atoms with E-state index in [1.807, 2.05) is 0 Å². The molecular weight excluding hydrogens is 207 g/mol. The highest BCUT2D eigenvalue weighted by Gasteiger charge is 2.10. The van der Waals surface area contributed by atoms with Gasteiger partial charge in [-0.25, -0.2) is 4.39 Å². The molecule has 0 saturated carbocycles. The fraction of sp³-hybridized carbons (Fsp3) is 0.333. The molecule has 1 N–H and O–H groups in total. The van der Waals surface area contributed by atoms with Crippen molar-refractivity contribution < 1.29 is 9.18 Å². The molecule has 1 aromatic heterocycles. The quantitative estimate of drug-likeness (QED) is 0.780. The predicted molar refractivity (Wildman–Crippen MR) is 51.8 cm³/mol. The summed E-state index contributed by atoms with van der Waals surface area (Å²) in [5, 5.41) is 2.32. The van der Waals surface area contributed by atoms with Gasteiger partial charge in [0.25, 0.3) is 5.91 Å². The molecule has 0 bridgehead atoms. The van der Waals surface area contributed by atoms with Gasteiger partial charge in [0.1, 0.15) is 0 Å². The molecule has 0 radical (unpaired) electrons. The zero-order chi connectivity index (χ0) is 10.6. The molecule has 0 aromatic carbocycles. The number of alkyl halides is 1. The first kappa shape index (κ1) is 10.9. The lowest BCUT2D eigenvalue weighted by molar-refractivity contribution is 0.0949. The summed E-state index contributed by atoms with van der Waals surface area (Å²) < 4.78 is 13.0. The summed E-state index contributed by atoms with van der Waals surface area (Å²) >= 11 is 5.63. The van der Waals surface area contributed by atoms with Gasteiger partial charge in [-0.1, -0.05) is 0 Å². The zero-order valence-corrected chi connectivity index (χ0v) is 8.38. The third kappa shape index (κ3) is 2.96. The Morgan fingerprint density at radius 2 is 2.50 bits per heavy atom. The van der Waals surface area contributed by atoms with E-state index in [2.05, 4.69) is 10.3 Å². The normalized spacial score (nSPS) is 12.2. The van der Waals surface area contributed by atoms with Crippen LogP contribution in [0.25, 0.3) is 0 Å². The Morgan fingerprint density at radius 3 is 3.07 bits per heavy atom. The van der Waals surface area contributed by atoms with Gasteiger partial charge in [0.15, 0.2) is 5.82 Å². The average Bonchev–Trinajstić information content (AvgIpc) is 2.15. The van der Waals surface area contributed by atoms with Crippen molar-refractivity contribution in [2.24, 2.45) is 0 Å². The third-order valence-corrected chi connectivity index (χ3v) is 1.72. The number of hydrogen-bond acceptors (Lipinski definition) is 2. The standard InChI is InChI=1S/C9H10ClFN2O/c1-6(10)4-13-9(14)7-2-3-12-5-8(7)11/h2-3,5-6H,4H2,1H3,(H,13,14). The van der Waals surface area contributed by atoms with Gasteiger partial charge in [-0.3, -0.25) is 9.78 Å². The van der Waals surface area contributed by atoms with Gasteiger partial charge in [0.2, 0.25) is 0 Å². The molecule has 76 valence electrons. The van der Waals surface area contributed by atoms with Crippen LogP contribution in [-0.4, -0.2) is 22.8 Å². The Balaban J connectivity index is 2.65. The minimum atomic E-state index is -0.632. The Morgan fingerprint density at radius 1 is 1.79 bits per heavy atom. The van der Waals surface area contributed by atoms with Crippen LogP contribution in [0.2, 0.25) is 0 Å². The van der Waals surface area contributed by atoms with Crippen molar-refractivity contribution in [2.45, 2.75) is 12.3 Å². The van der Waals surface area contributed by atoms with Gasteiger partial charge in [-0.2, -0.15) is 0 Å². The van der Waals surface area contributed by atoms with E-state index < -0.39 is 11.7 Å². The van der Waals surface area contributed by atoms with Crippen LogP contribution >= 0.6 is 11.6 Å². The van der Waals surface area contributed by atoms with E-state index in [9.17, 15) is 9.18 Å². The van der Waals surface area contributed by atoms with Crippen LogP contribution in [0.3, 0.4) is 0 Å². The van der Waals surface area contributed by atoms with Gasteiger partial charge >= 0.3 is 0 Å². The van der Waals surface area contributed by atoms with Crippen molar-refractivity contribution in [3.8, 4) is 0 Å². The van der Waals surface area contributed by atoms with E-state index in [1.165, 1.54) is 12.3 Å². The second kappa shape index (κ2) is 4.91. The first-order valence-corrected chi connectivity index (χ1v) is 4.56. The molecule has 1 heterocycles. The average molecular weight is 217 g/mol. The molecule has 5 heteroatoms. The Kier molecular flexibility index (Phi) is 3.83. The molecule has 14 heavy (non-hydrogen) atoms. The highest BCUT2D eigenvalue weighted by molar-refractivity contribution is 6.20. The summed E-state index contributed by atoms with van der Waals surface area (Å²) in [6, 6.07) is 1.32. The Bertz CT molecular complexity index is 330. The van der Waals surface area contributed by atoms with Crippen LogP contribution in [0.4, 0.5) is 4.39 Å². The summed E-state index contributed by atoms with van der Waals surface area (Å²) in [6.07, 6.45) is 2.36. The minimum absolute atomic E-state index is 0.0164. The molecule has 1 rings (SSSR count). The van der Waals surface area contributed by atoms with Gasteiger partial charge in [0.05, 0.1) is 11.8 Å². The minimum Gasteiger partial charge on any atom is -0.350 e. The fourth-order valence-electron chi connectivity index (χ4n) is 0.888. The first-order valence-electron chi connectivity index (χ1n) is 4.13. The maximum Gasteiger partial charge on any atom is 0.254 e.